The summed E-state index contributed by atoms with van der Waals surface area (Å²) < 4.78 is 5.43. The second kappa shape index (κ2) is 8.15. The van der Waals surface area contributed by atoms with Crippen molar-refractivity contribution in [3.8, 4) is 11.5 Å². The Morgan fingerprint density at radius 2 is 1.92 bits per heavy atom. The highest BCUT2D eigenvalue weighted by atomic mass is 16.5. The molecule has 0 aliphatic heterocycles. The van der Waals surface area contributed by atoms with E-state index in [-0.39, 0.29) is 18.3 Å². The van der Waals surface area contributed by atoms with Gasteiger partial charge in [-0.1, -0.05) is 30.7 Å². The van der Waals surface area contributed by atoms with E-state index in [1.165, 1.54) is 0 Å². The van der Waals surface area contributed by atoms with Crippen molar-refractivity contribution in [3.63, 3.8) is 0 Å². The Morgan fingerprint density at radius 3 is 2.62 bits per heavy atom. The van der Waals surface area contributed by atoms with Gasteiger partial charge in [-0.05, 0) is 50.1 Å². The number of amides is 1. The van der Waals surface area contributed by atoms with Gasteiger partial charge < -0.3 is 9.84 Å². The van der Waals surface area contributed by atoms with E-state index in [0.717, 1.165) is 11.1 Å². The fourth-order valence-corrected chi connectivity index (χ4v) is 2.23. The number of carbonyl (C=O) groups is 1. The van der Waals surface area contributed by atoms with Gasteiger partial charge in [-0.15, -0.1) is 0 Å². The van der Waals surface area contributed by atoms with Crippen LogP contribution in [0.15, 0.2) is 47.6 Å². The number of phenolic OH excluding ortho intramolecular Hbond substituents is 1. The molecule has 0 aliphatic carbocycles. The monoisotopic (exact) mass is 326 g/mol. The van der Waals surface area contributed by atoms with Crippen LogP contribution in [0.4, 0.5) is 0 Å². The SMILES string of the molecule is CC/C(=N\NC(=O)COc1cccc(C)c1)c1cc(C)ccc1O. The summed E-state index contributed by atoms with van der Waals surface area (Å²) in [4.78, 5) is 11.9. The van der Waals surface area contributed by atoms with Gasteiger partial charge in [0.05, 0.1) is 5.71 Å². The van der Waals surface area contributed by atoms with Crippen molar-refractivity contribution < 1.29 is 14.6 Å². The lowest BCUT2D eigenvalue weighted by Gasteiger charge is -2.09. The lowest BCUT2D eigenvalue weighted by molar-refractivity contribution is -0.123. The molecule has 0 aliphatic rings. The first-order valence-corrected chi connectivity index (χ1v) is 7.84. The molecule has 126 valence electrons. The first-order chi connectivity index (χ1) is 11.5. The highest BCUT2D eigenvalue weighted by Gasteiger charge is 2.09. The maximum absolute atomic E-state index is 11.9. The molecule has 2 aromatic carbocycles. The molecule has 0 radical (unpaired) electrons. The number of carbonyl (C=O) groups excluding carboxylic acids is 1. The molecule has 5 heteroatoms. The molecule has 0 atom stereocenters. The van der Waals surface area contributed by atoms with Gasteiger partial charge in [0, 0.05) is 5.56 Å². The van der Waals surface area contributed by atoms with Crippen LogP contribution in [0, 0.1) is 13.8 Å². The number of hydrogen-bond donors (Lipinski definition) is 2. The summed E-state index contributed by atoms with van der Waals surface area (Å²) in [5.74, 6) is 0.433. The quantitative estimate of drug-likeness (QED) is 0.632. The average Bonchev–Trinajstić information content (AvgIpc) is 2.56. The van der Waals surface area contributed by atoms with Crippen molar-refractivity contribution in [2.24, 2.45) is 5.10 Å². The molecule has 0 fully saturated rings. The first kappa shape index (κ1) is 17.5. The summed E-state index contributed by atoms with van der Waals surface area (Å²) >= 11 is 0. The molecule has 0 aromatic heterocycles. The molecule has 24 heavy (non-hydrogen) atoms. The number of rotatable bonds is 6. The van der Waals surface area contributed by atoms with Gasteiger partial charge in [0.15, 0.2) is 6.61 Å². The summed E-state index contributed by atoms with van der Waals surface area (Å²) in [5, 5.41) is 14.1. The number of ether oxygens (including phenoxy) is 1. The maximum Gasteiger partial charge on any atom is 0.277 e. The van der Waals surface area contributed by atoms with Crippen LogP contribution < -0.4 is 10.2 Å². The number of hydrogen-bond acceptors (Lipinski definition) is 4. The van der Waals surface area contributed by atoms with Crippen LogP contribution in [-0.4, -0.2) is 23.3 Å². The van der Waals surface area contributed by atoms with E-state index in [1.807, 2.05) is 51.1 Å². The lowest BCUT2D eigenvalue weighted by atomic mass is 10.0. The summed E-state index contributed by atoms with van der Waals surface area (Å²) in [6.07, 6.45) is 0.579. The van der Waals surface area contributed by atoms with Gasteiger partial charge in [-0.2, -0.15) is 5.10 Å². The highest BCUT2D eigenvalue weighted by molar-refractivity contribution is 6.03. The third-order valence-electron chi connectivity index (χ3n) is 3.47. The summed E-state index contributed by atoms with van der Waals surface area (Å²) in [7, 11) is 0. The minimum absolute atomic E-state index is 0.121. The van der Waals surface area contributed by atoms with E-state index in [9.17, 15) is 9.90 Å². The predicted octanol–water partition coefficient (Wildman–Crippen LogP) is 3.32. The molecule has 0 saturated carbocycles. The number of nitrogens with one attached hydrogen (secondary N) is 1. The zero-order chi connectivity index (χ0) is 17.5. The van der Waals surface area contributed by atoms with Gasteiger partial charge >= 0.3 is 0 Å². The van der Waals surface area contributed by atoms with Crippen molar-refractivity contribution in [1.29, 1.82) is 0 Å². The van der Waals surface area contributed by atoms with Gasteiger partial charge in [0.1, 0.15) is 11.5 Å². The van der Waals surface area contributed by atoms with E-state index in [2.05, 4.69) is 10.5 Å². The smallest absolute Gasteiger partial charge is 0.277 e. The van der Waals surface area contributed by atoms with E-state index >= 15 is 0 Å². The Labute approximate surface area is 142 Å². The van der Waals surface area contributed by atoms with Crippen molar-refractivity contribution in [3.05, 3.63) is 59.2 Å². The number of nitrogens with zero attached hydrogens (tertiary/aromatic N) is 1. The van der Waals surface area contributed by atoms with Gasteiger partial charge in [0.25, 0.3) is 5.91 Å². The van der Waals surface area contributed by atoms with E-state index < -0.39 is 0 Å². The summed E-state index contributed by atoms with van der Waals surface area (Å²) in [6.45, 7) is 5.68. The molecule has 2 aromatic rings. The normalized spacial score (nSPS) is 11.2. The Morgan fingerprint density at radius 1 is 1.17 bits per heavy atom. The molecular weight excluding hydrogens is 304 g/mol. The minimum atomic E-state index is -0.352. The predicted molar refractivity (Wildman–Crippen MR) is 94.5 cm³/mol. The second-order valence-electron chi connectivity index (χ2n) is 5.57. The molecule has 0 unspecified atom stereocenters. The number of aromatic hydroxyl groups is 1. The molecule has 2 N–H and O–H groups in total. The fourth-order valence-electron chi connectivity index (χ4n) is 2.23. The maximum atomic E-state index is 11.9. The summed E-state index contributed by atoms with van der Waals surface area (Å²) in [5.41, 5.74) is 5.79. The molecule has 0 bridgehead atoms. The highest BCUT2D eigenvalue weighted by Crippen LogP contribution is 2.20. The Bertz CT molecular complexity index is 754. The fraction of sp³-hybridized carbons (Fsp3) is 0.263. The largest absolute Gasteiger partial charge is 0.507 e. The molecule has 1 amide bonds. The third kappa shape index (κ3) is 4.84. The van der Waals surface area contributed by atoms with Crippen LogP contribution in [0.2, 0.25) is 0 Å². The van der Waals surface area contributed by atoms with Crippen LogP contribution in [0.3, 0.4) is 0 Å². The zero-order valence-electron chi connectivity index (χ0n) is 14.2. The van der Waals surface area contributed by atoms with Crippen LogP contribution in [0.25, 0.3) is 0 Å². The van der Waals surface area contributed by atoms with Crippen LogP contribution in [-0.2, 0) is 4.79 Å². The Balaban J connectivity index is 1.99. The van der Waals surface area contributed by atoms with E-state index in [1.54, 1.807) is 12.1 Å². The van der Waals surface area contributed by atoms with Crippen LogP contribution in [0.1, 0.15) is 30.0 Å². The number of hydrazone groups is 1. The van der Waals surface area contributed by atoms with Crippen molar-refractivity contribution >= 4 is 11.6 Å². The molecule has 0 heterocycles. The summed E-state index contributed by atoms with van der Waals surface area (Å²) in [6, 6.07) is 12.8. The van der Waals surface area contributed by atoms with E-state index in [0.29, 0.717) is 23.4 Å². The van der Waals surface area contributed by atoms with Gasteiger partial charge in [-0.25, -0.2) is 5.43 Å². The topological polar surface area (TPSA) is 70.9 Å². The second-order valence-corrected chi connectivity index (χ2v) is 5.57. The molecule has 0 saturated heterocycles. The molecule has 2 rings (SSSR count). The average molecular weight is 326 g/mol. The van der Waals surface area contributed by atoms with Crippen molar-refractivity contribution in [2.45, 2.75) is 27.2 Å². The molecular formula is C19H22N2O3. The number of aryl methyl sites for hydroxylation is 2. The van der Waals surface area contributed by atoms with Gasteiger partial charge in [-0.3, -0.25) is 4.79 Å². The molecule has 0 spiro atoms. The van der Waals surface area contributed by atoms with Crippen LogP contribution in [0.5, 0.6) is 11.5 Å². The standard InChI is InChI=1S/C19H22N2O3/c1-4-17(16-11-14(3)8-9-18(16)22)20-21-19(23)12-24-15-7-5-6-13(2)10-15/h5-11,22H,4,12H2,1-3H3,(H,21,23)/b20-17+. The van der Waals surface area contributed by atoms with Crippen molar-refractivity contribution in [1.82, 2.24) is 5.43 Å². The minimum Gasteiger partial charge on any atom is -0.507 e. The van der Waals surface area contributed by atoms with Crippen LogP contribution >= 0.6 is 0 Å². The Kier molecular flexibility index (Phi) is 5.95. The van der Waals surface area contributed by atoms with E-state index in [4.69, 9.17) is 4.74 Å². The number of phenols is 1. The zero-order valence-corrected chi connectivity index (χ0v) is 14.2. The first-order valence-electron chi connectivity index (χ1n) is 7.84. The van der Waals surface area contributed by atoms with Crippen molar-refractivity contribution in [2.75, 3.05) is 6.61 Å². The lowest BCUT2D eigenvalue weighted by Crippen LogP contribution is -2.26. The molecule has 5 nitrogen and oxygen atoms in total. The Hall–Kier alpha value is -2.82. The van der Waals surface area contributed by atoms with Gasteiger partial charge in [0.2, 0.25) is 0 Å². The third-order valence-corrected chi connectivity index (χ3v) is 3.47. The number of benzene rings is 2.